The highest BCUT2D eigenvalue weighted by Gasteiger charge is 2.61. The van der Waals surface area contributed by atoms with Crippen molar-refractivity contribution in [1.82, 2.24) is 31.2 Å². The Morgan fingerprint density at radius 3 is 2.30 bits per heavy atom. The average Bonchev–Trinajstić information content (AvgIpc) is 3.96. The molecule has 1 aliphatic heterocycles. The van der Waals surface area contributed by atoms with Gasteiger partial charge in [0.2, 0.25) is 11.8 Å². The lowest BCUT2D eigenvalue weighted by Gasteiger charge is -2.36. The van der Waals surface area contributed by atoms with Gasteiger partial charge in [0.1, 0.15) is 17.3 Å². The first-order valence-corrected chi connectivity index (χ1v) is 16.2. The van der Waals surface area contributed by atoms with Crippen LogP contribution >= 0.6 is 0 Å². The second kappa shape index (κ2) is 11.0. The predicted octanol–water partition coefficient (Wildman–Crippen LogP) is 2.96. The number of fused-ring (bicyclic) bond motifs is 1. The number of alkyl halides is 2. The molecule has 0 bridgehead atoms. The van der Waals surface area contributed by atoms with Crippen LogP contribution in [-0.2, 0) is 22.4 Å². The van der Waals surface area contributed by atoms with E-state index in [-0.39, 0.29) is 48.9 Å². The van der Waals surface area contributed by atoms with Crippen LogP contribution in [0.4, 0.5) is 19.3 Å². The molecule has 5 amide bonds. The van der Waals surface area contributed by atoms with Gasteiger partial charge in [-0.25, -0.2) is 18.2 Å². The summed E-state index contributed by atoms with van der Waals surface area (Å²) in [5.41, 5.74) is 0.981. The Hall–Kier alpha value is -4.10. The van der Waals surface area contributed by atoms with Crippen molar-refractivity contribution in [1.29, 1.82) is 0 Å². The molecule has 2 heterocycles. The maximum Gasteiger partial charge on any atom is 0.318 e. The van der Waals surface area contributed by atoms with Crippen molar-refractivity contribution in [3.8, 4) is 0 Å². The van der Waals surface area contributed by atoms with E-state index in [0.717, 1.165) is 36.8 Å². The highest BCUT2D eigenvalue weighted by molar-refractivity contribution is 6.01. The molecule has 0 radical (unpaired) electrons. The van der Waals surface area contributed by atoms with E-state index in [0.29, 0.717) is 23.2 Å². The van der Waals surface area contributed by atoms with E-state index in [1.165, 1.54) is 4.90 Å². The number of nitrogens with zero attached hydrogens (tertiary/aromatic N) is 3. The van der Waals surface area contributed by atoms with Crippen molar-refractivity contribution in [2.75, 3.05) is 11.9 Å². The molecule has 0 spiro atoms. The zero-order valence-electron chi connectivity index (χ0n) is 26.1. The summed E-state index contributed by atoms with van der Waals surface area (Å²) in [7, 11) is 0. The summed E-state index contributed by atoms with van der Waals surface area (Å²) in [6.07, 6.45) is 3.86. The van der Waals surface area contributed by atoms with Crippen LogP contribution in [0.5, 0.6) is 0 Å². The predicted molar refractivity (Wildman–Crippen MR) is 160 cm³/mol. The lowest BCUT2D eigenvalue weighted by Crippen LogP contribution is -2.61. The van der Waals surface area contributed by atoms with E-state index >= 15 is 0 Å². The van der Waals surface area contributed by atoms with Gasteiger partial charge in [-0.2, -0.15) is 0 Å². The molecule has 5 aliphatic rings. The summed E-state index contributed by atoms with van der Waals surface area (Å²) in [6.45, 7) is 5.82. The Labute approximate surface area is 264 Å². The van der Waals surface area contributed by atoms with Gasteiger partial charge in [-0.1, -0.05) is 25.1 Å². The molecular formula is C32H39F2N7O5. The van der Waals surface area contributed by atoms with Crippen LogP contribution in [0.1, 0.15) is 73.3 Å². The van der Waals surface area contributed by atoms with Gasteiger partial charge in [-0.15, -0.1) is 0 Å². The summed E-state index contributed by atoms with van der Waals surface area (Å²) in [5.74, 6) is -3.66. The third-order valence-electron chi connectivity index (χ3n) is 10.4. The molecule has 4 atom stereocenters. The standard InChI is InChI=1S/C32H39F2N7O5/c1-15(2)22-14-41(30(45)36-22)31(29(44)37-23-13-32(23,33)34)11-19-8-9-21(10-20(19)12-31)35-28(43)26(24(17-4-5-17)18-6-7-18)38-27(42)25-16(3)39-46-40-25/h8-10,15,17-18,22-24,26H,4-7,11-14H2,1-3H3,(H,35,43)(H,36,45)(H,37,44)(H,38,42)/t22-,23?,26-,31?/m0/s1. The Balaban J connectivity index is 1.13. The van der Waals surface area contributed by atoms with E-state index in [9.17, 15) is 28.0 Å². The molecule has 4 N–H and O–H groups in total. The van der Waals surface area contributed by atoms with Gasteiger partial charge in [0.05, 0.1) is 12.1 Å². The highest BCUT2D eigenvalue weighted by Crippen LogP contribution is 2.51. The largest absolute Gasteiger partial charge is 0.345 e. The van der Waals surface area contributed by atoms with Crippen LogP contribution < -0.4 is 21.3 Å². The van der Waals surface area contributed by atoms with Gasteiger partial charge in [-0.05, 0) is 84.7 Å². The fourth-order valence-electron chi connectivity index (χ4n) is 7.27. The summed E-state index contributed by atoms with van der Waals surface area (Å²) >= 11 is 0. The van der Waals surface area contributed by atoms with Crippen LogP contribution in [-0.4, -0.2) is 75.1 Å². The Morgan fingerprint density at radius 1 is 1.07 bits per heavy atom. The molecule has 7 rings (SSSR count). The van der Waals surface area contributed by atoms with E-state index < -0.39 is 47.8 Å². The van der Waals surface area contributed by atoms with E-state index in [2.05, 4.69) is 31.6 Å². The third-order valence-corrected chi connectivity index (χ3v) is 10.4. The van der Waals surface area contributed by atoms with Gasteiger partial charge in [0.15, 0.2) is 5.69 Å². The fraction of sp³-hybridized carbons (Fsp3) is 0.625. The number of carbonyl (C=O) groups is 4. The van der Waals surface area contributed by atoms with Gasteiger partial charge in [0, 0.05) is 31.5 Å². The Kier molecular flexibility index (Phi) is 7.31. The average molecular weight is 640 g/mol. The summed E-state index contributed by atoms with van der Waals surface area (Å²) in [6, 6.07) is 2.66. The van der Waals surface area contributed by atoms with Crippen molar-refractivity contribution >= 4 is 29.4 Å². The maximum atomic E-state index is 13.9. The number of urea groups is 1. The number of rotatable bonds is 11. The first kappa shape index (κ1) is 30.5. The molecule has 1 aromatic carbocycles. The van der Waals surface area contributed by atoms with Crippen LogP contribution in [0, 0.1) is 30.6 Å². The highest BCUT2D eigenvalue weighted by atomic mass is 19.3. The lowest BCUT2D eigenvalue weighted by molar-refractivity contribution is -0.132. The molecule has 2 unspecified atom stereocenters. The molecule has 3 saturated carbocycles. The molecule has 46 heavy (non-hydrogen) atoms. The molecular weight excluding hydrogens is 600 g/mol. The molecule has 4 fully saturated rings. The van der Waals surface area contributed by atoms with E-state index in [4.69, 9.17) is 4.63 Å². The molecule has 12 nitrogen and oxygen atoms in total. The van der Waals surface area contributed by atoms with Crippen molar-refractivity contribution < 1.29 is 32.6 Å². The van der Waals surface area contributed by atoms with Crippen LogP contribution in [0.25, 0.3) is 0 Å². The van der Waals surface area contributed by atoms with E-state index in [1.54, 1.807) is 25.1 Å². The van der Waals surface area contributed by atoms with E-state index in [1.807, 2.05) is 13.8 Å². The zero-order chi connectivity index (χ0) is 32.5. The Morgan fingerprint density at radius 2 is 1.74 bits per heavy atom. The molecule has 14 heteroatoms. The number of aryl methyl sites for hydroxylation is 1. The molecule has 2 aromatic rings. The topological polar surface area (TPSA) is 159 Å². The minimum atomic E-state index is -2.96. The second-order valence-electron chi connectivity index (χ2n) is 14.2. The van der Waals surface area contributed by atoms with Crippen molar-refractivity contribution in [3.05, 3.63) is 40.7 Å². The number of hydrogen-bond donors (Lipinski definition) is 4. The van der Waals surface area contributed by atoms with Gasteiger partial charge >= 0.3 is 6.03 Å². The molecule has 246 valence electrons. The van der Waals surface area contributed by atoms with Gasteiger partial charge < -0.3 is 26.2 Å². The molecule has 1 saturated heterocycles. The Bertz CT molecular complexity index is 1580. The summed E-state index contributed by atoms with van der Waals surface area (Å²) in [5, 5.41) is 18.7. The number of halogens is 2. The summed E-state index contributed by atoms with van der Waals surface area (Å²) < 4.78 is 32.4. The number of anilines is 1. The smallest absolute Gasteiger partial charge is 0.318 e. The zero-order valence-corrected chi connectivity index (χ0v) is 26.1. The monoisotopic (exact) mass is 639 g/mol. The summed E-state index contributed by atoms with van der Waals surface area (Å²) in [4.78, 5) is 55.5. The number of aromatic nitrogens is 2. The second-order valence-corrected chi connectivity index (χ2v) is 14.2. The molecule has 4 aliphatic carbocycles. The number of carbonyl (C=O) groups excluding carboxylic acids is 4. The van der Waals surface area contributed by atoms with Crippen LogP contribution in [0.15, 0.2) is 22.8 Å². The maximum absolute atomic E-state index is 13.9. The third kappa shape index (κ3) is 5.59. The number of nitrogens with one attached hydrogen (secondary N) is 4. The first-order chi connectivity index (χ1) is 21.9. The first-order valence-electron chi connectivity index (χ1n) is 16.2. The quantitative estimate of drug-likeness (QED) is 0.294. The molecule has 1 aromatic heterocycles. The van der Waals surface area contributed by atoms with Crippen molar-refractivity contribution in [2.24, 2.45) is 23.7 Å². The van der Waals surface area contributed by atoms with Crippen LogP contribution in [0.2, 0.25) is 0 Å². The number of benzene rings is 1. The van der Waals surface area contributed by atoms with Crippen molar-refractivity contribution in [3.63, 3.8) is 0 Å². The van der Waals surface area contributed by atoms with Gasteiger partial charge in [0.25, 0.3) is 11.8 Å². The lowest BCUT2D eigenvalue weighted by atomic mass is 9.88. The van der Waals surface area contributed by atoms with Gasteiger partial charge in [-0.3, -0.25) is 14.4 Å². The normalized spacial score (nSPS) is 26.9. The minimum Gasteiger partial charge on any atom is -0.345 e. The number of hydrogen-bond acceptors (Lipinski definition) is 7. The van der Waals surface area contributed by atoms with Crippen LogP contribution in [0.3, 0.4) is 0 Å². The minimum absolute atomic E-state index is 0.0157. The number of amides is 5. The van der Waals surface area contributed by atoms with Crippen molar-refractivity contribution in [2.45, 2.75) is 95.3 Å². The fourth-order valence-corrected chi connectivity index (χ4v) is 7.27. The SMILES string of the molecule is Cc1nonc1C(=O)N[C@H](C(=O)Nc1ccc2c(c1)CC(C(=O)NC1CC1(F)F)(N1C[C@@H](C(C)C)NC1=O)C2)C(C1CC1)C1CC1.